The van der Waals surface area contributed by atoms with E-state index in [1.807, 2.05) is 31.2 Å². The molecule has 0 fully saturated rings. The van der Waals surface area contributed by atoms with Crippen LogP contribution in [0.5, 0.6) is 0 Å². The minimum Gasteiger partial charge on any atom is -0.365 e. The number of carbonyl (C=O) groups is 1. The number of nitrogens with zero attached hydrogens (tertiary/aromatic N) is 1. The average Bonchev–Trinajstić information content (AvgIpc) is 3.06. The zero-order valence-corrected chi connectivity index (χ0v) is 18.4. The number of carbonyl (C=O) groups excluding carboxylic acids is 1. The van der Waals surface area contributed by atoms with Crippen molar-refractivity contribution < 1.29 is 13.2 Å². The first-order valence-corrected chi connectivity index (χ1v) is 12.0. The quantitative estimate of drug-likeness (QED) is 0.480. The third-order valence-corrected chi connectivity index (χ3v) is 7.11. The van der Waals surface area contributed by atoms with E-state index in [1.165, 1.54) is 22.8 Å². The highest BCUT2D eigenvalue weighted by atomic mass is 32.2. The summed E-state index contributed by atoms with van der Waals surface area (Å²) in [7, 11) is -3.36. The van der Waals surface area contributed by atoms with Gasteiger partial charge >= 0.3 is 0 Å². The molecule has 9 heteroatoms. The molecule has 0 saturated heterocycles. The number of sulfone groups is 1. The summed E-state index contributed by atoms with van der Waals surface area (Å²) in [5.74, 6) is -0.609. The van der Waals surface area contributed by atoms with Crippen LogP contribution in [0.15, 0.2) is 70.4 Å². The van der Waals surface area contributed by atoms with Gasteiger partial charge in [0.1, 0.15) is 9.71 Å². The van der Waals surface area contributed by atoms with E-state index in [2.05, 4.69) is 5.32 Å². The summed E-state index contributed by atoms with van der Waals surface area (Å²) in [6, 6.07) is 16.8. The van der Waals surface area contributed by atoms with Gasteiger partial charge < -0.3 is 11.1 Å². The Morgan fingerprint density at radius 1 is 1.06 bits per heavy atom. The molecule has 2 aromatic heterocycles. The number of rotatable bonds is 5. The zero-order chi connectivity index (χ0) is 22.3. The van der Waals surface area contributed by atoms with Crippen molar-refractivity contribution in [3.8, 4) is 5.69 Å². The molecule has 0 aliphatic carbocycles. The standard InChI is InChI=1S/C22H19N3O4S2/c1-13-4-3-5-14(12-13)24-19-17-10-11-18(26)25(22(17)30-20(19)21(23)27)15-6-8-16(9-7-15)31(2,28)29/h3-12,24H,1-2H3,(H2,23,27). The molecular formula is C22H19N3O4S2. The Bertz CT molecular complexity index is 1480. The van der Waals surface area contributed by atoms with Crippen LogP contribution < -0.4 is 16.6 Å². The van der Waals surface area contributed by atoms with Crippen LogP contribution in [0.4, 0.5) is 11.4 Å². The number of benzene rings is 2. The molecule has 0 radical (unpaired) electrons. The molecule has 3 N–H and O–H groups in total. The van der Waals surface area contributed by atoms with E-state index in [-0.39, 0.29) is 10.5 Å². The van der Waals surface area contributed by atoms with Crippen LogP contribution in [0.1, 0.15) is 15.2 Å². The summed E-state index contributed by atoms with van der Waals surface area (Å²) in [6.07, 6.45) is 1.12. The molecule has 0 aliphatic rings. The van der Waals surface area contributed by atoms with Crippen molar-refractivity contribution in [3.63, 3.8) is 0 Å². The van der Waals surface area contributed by atoms with Gasteiger partial charge in [-0.05, 0) is 55.0 Å². The number of hydrogen-bond acceptors (Lipinski definition) is 6. The molecule has 4 rings (SSSR count). The number of aromatic nitrogens is 1. The second-order valence-electron chi connectivity index (χ2n) is 7.16. The fourth-order valence-corrected chi connectivity index (χ4v) is 5.09. The summed E-state index contributed by atoms with van der Waals surface area (Å²) in [5, 5.41) is 3.92. The summed E-state index contributed by atoms with van der Waals surface area (Å²) >= 11 is 1.11. The van der Waals surface area contributed by atoms with Crippen molar-refractivity contribution in [3.05, 3.63) is 81.5 Å². The van der Waals surface area contributed by atoms with Gasteiger partial charge in [0.2, 0.25) is 0 Å². The Hall–Kier alpha value is -3.43. The molecule has 7 nitrogen and oxygen atoms in total. The SMILES string of the molecule is Cc1cccc(Nc2c(C(N)=O)sc3c2ccc(=O)n3-c2ccc(S(C)(=O)=O)cc2)c1. The largest absolute Gasteiger partial charge is 0.365 e. The minimum absolute atomic E-state index is 0.155. The van der Waals surface area contributed by atoms with Gasteiger partial charge in [-0.2, -0.15) is 0 Å². The van der Waals surface area contributed by atoms with Crippen molar-refractivity contribution >= 4 is 48.7 Å². The van der Waals surface area contributed by atoms with Crippen LogP contribution in [-0.4, -0.2) is 25.1 Å². The van der Waals surface area contributed by atoms with Crippen molar-refractivity contribution in [1.29, 1.82) is 0 Å². The van der Waals surface area contributed by atoms with E-state index in [4.69, 9.17) is 5.73 Å². The Balaban J connectivity index is 1.93. The molecule has 4 aromatic rings. The second-order valence-corrected chi connectivity index (χ2v) is 10.2. The summed E-state index contributed by atoms with van der Waals surface area (Å²) < 4.78 is 25.0. The van der Waals surface area contributed by atoms with Gasteiger partial charge in [-0.1, -0.05) is 12.1 Å². The van der Waals surface area contributed by atoms with Gasteiger partial charge in [-0.25, -0.2) is 8.42 Å². The molecule has 0 saturated carbocycles. The van der Waals surface area contributed by atoms with Gasteiger partial charge in [0.05, 0.1) is 16.3 Å². The average molecular weight is 454 g/mol. The zero-order valence-electron chi connectivity index (χ0n) is 16.7. The van der Waals surface area contributed by atoms with Gasteiger partial charge in [-0.3, -0.25) is 14.2 Å². The van der Waals surface area contributed by atoms with E-state index < -0.39 is 15.7 Å². The number of hydrogen-bond donors (Lipinski definition) is 2. The van der Waals surface area contributed by atoms with Crippen LogP contribution >= 0.6 is 11.3 Å². The molecule has 0 atom stereocenters. The molecule has 1 amide bonds. The molecular weight excluding hydrogens is 434 g/mol. The lowest BCUT2D eigenvalue weighted by molar-refractivity contribution is 0.100. The summed E-state index contributed by atoms with van der Waals surface area (Å²) in [5.41, 5.74) is 8.18. The molecule has 0 unspecified atom stereocenters. The van der Waals surface area contributed by atoms with E-state index >= 15 is 0 Å². The highest BCUT2D eigenvalue weighted by Gasteiger charge is 2.20. The van der Waals surface area contributed by atoms with Gasteiger partial charge in [0.25, 0.3) is 11.5 Å². The van der Waals surface area contributed by atoms with E-state index in [0.717, 1.165) is 28.8 Å². The van der Waals surface area contributed by atoms with Gasteiger partial charge in [0.15, 0.2) is 9.84 Å². The number of anilines is 2. The van der Waals surface area contributed by atoms with E-state index in [1.54, 1.807) is 18.2 Å². The number of pyridine rings is 1. The third-order valence-electron chi connectivity index (χ3n) is 4.78. The lowest BCUT2D eigenvalue weighted by atomic mass is 10.2. The topological polar surface area (TPSA) is 111 Å². The normalized spacial score (nSPS) is 11.5. The molecule has 0 bridgehead atoms. The van der Waals surface area contributed by atoms with Crippen LogP contribution in [0.25, 0.3) is 15.9 Å². The van der Waals surface area contributed by atoms with Crippen LogP contribution in [0, 0.1) is 6.92 Å². The molecule has 0 spiro atoms. The fraction of sp³-hybridized carbons (Fsp3) is 0.0909. The minimum atomic E-state index is -3.36. The third kappa shape index (κ3) is 3.97. The van der Waals surface area contributed by atoms with Crippen LogP contribution in [0.2, 0.25) is 0 Å². The maximum absolute atomic E-state index is 12.7. The van der Waals surface area contributed by atoms with Crippen molar-refractivity contribution in [1.82, 2.24) is 4.57 Å². The monoisotopic (exact) mass is 453 g/mol. The first-order chi connectivity index (χ1) is 14.6. The lowest BCUT2D eigenvalue weighted by Crippen LogP contribution is -2.16. The van der Waals surface area contributed by atoms with Crippen LogP contribution in [-0.2, 0) is 9.84 Å². The van der Waals surface area contributed by atoms with Crippen molar-refractivity contribution in [2.24, 2.45) is 5.73 Å². The highest BCUT2D eigenvalue weighted by molar-refractivity contribution is 7.90. The molecule has 31 heavy (non-hydrogen) atoms. The molecule has 158 valence electrons. The maximum atomic E-state index is 12.7. The van der Waals surface area contributed by atoms with Gasteiger partial charge in [0, 0.05) is 23.4 Å². The second kappa shape index (κ2) is 7.68. The highest BCUT2D eigenvalue weighted by Crippen LogP contribution is 2.37. The van der Waals surface area contributed by atoms with Crippen LogP contribution in [0.3, 0.4) is 0 Å². The molecule has 2 heterocycles. The fourth-order valence-electron chi connectivity index (χ4n) is 3.33. The van der Waals surface area contributed by atoms with Crippen molar-refractivity contribution in [2.45, 2.75) is 11.8 Å². The summed E-state index contributed by atoms with van der Waals surface area (Å²) in [4.78, 5) is 25.9. The Labute approximate surface area is 182 Å². The predicted octanol–water partition coefficient (Wildman–Crippen LogP) is 3.61. The summed E-state index contributed by atoms with van der Waals surface area (Å²) in [6.45, 7) is 1.96. The number of primary amides is 1. The molecule has 0 aliphatic heterocycles. The number of thiophene rings is 1. The molecule has 2 aromatic carbocycles. The Morgan fingerprint density at radius 3 is 2.39 bits per heavy atom. The first kappa shape index (κ1) is 20.8. The number of nitrogens with one attached hydrogen (secondary N) is 1. The van der Waals surface area contributed by atoms with Crippen molar-refractivity contribution in [2.75, 3.05) is 11.6 Å². The number of nitrogens with two attached hydrogens (primary N) is 1. The predicted molar refractivity (Wildman–Crippen MR) is 124 cm³/mol. The maximum Gasteiger partial charge on any atom is 0.261 e. The van der Waals surface area contributed by atoms with Gasteiger partial charge in [-0.15, -0.1) is 11.3 Å². The van der Waals surface area contributed by atoms with E-state index in [9.17, 15) is 18.0 Å². The lowest BCUT2D eigenvalue weighted by Gasteiger charge is -2.10. The smallest absolute Gasteiger partial charge is 0.261 e. The first-order valence-electron chi connectivity index (χ1n) is 9.28. The van der Waals surface area contributed by atoms with E-state index in [0.29, 0.717) is 26.5 Å². The number of aryl methyl sites for hydroxylation is 1. The Morgan fingerprint density at radius 2 is 1.77 bits per heavy atom. The number of fused-ring (bicyclic) bond motifs is 1. The Kier molecular flexibility index (Phi) is 5.16. The number of amides is 1.